The molecule has 0 unspecified atom stereocenters. The quantitative estimate of drug-likeness (QED) is 0.613. The summed E-state index contributed by atoms with van der Waals surface area (Å²) in [7, 11) is 0. The molecular formula is C13H23N. The molecule has 0 aromatic heterocycles. The van der Waals surface area contributed by atoms with Gasteiger partial charge in [-0.3, -0.25) is 0 Å². The van der Waals surface area contributed by atoms with Crippen LogP contribution in [0.1, 0.15) is 57.8 Å². The summed E-state index contributed by atoms with van der Waals surface area (Å²) >= 11 is 0. The van der Waals surface area contributed by atoms with Crippen LogP contribution in [0, 0.1) is 0 Å². The fourth-order valence-electron chi connectivity index (χ4n) is 2.64. The molecule has 0 aromatic rings. The number of hydrogen-bond donors (Lipinski definition) is 0. The highest BCUT2D eigenvalue weighted by Gasteiger charge is 2.14. The van der Waals surface area contributed by atoms with Gasteiger partial charge >= 0.3 is 0 Å². The summed E-state index contributed by atoms with van der Waals surface area (Å²) in [6, 6.07) is 0. The largest absolute Gasteiger partial charge is 0.375 e. The summed E-state index contributed by atoms with van der Waals surface area (Å²) in [5, 5.41) is 0. The fourth-order valence-corrected chi connectivity index (χ4v) is 2.64. The van der Waals surface area contributed by atoms with Gasteiger partial charge in [0.25, 0.3) is 0 Å². The van der Waals surface area contributed by atoms with Crippen molar-refractivity contribution in [3.63, 3.8) is 0 Å². The van der Waals surface area contributed by atoms with E-state index in [-0.39, 0.29) is 0 Å². The van der Waals surface area contributed by atoms with Crippen molar-refractivity contribution in [2.45, 2.75) is 57.8 Å². The Labute approximate surface area is 88.2 Å². The van der Waals surface area contributed by atoms with Gasteiger partial charge in [-0.25, -0.2) is 0 Å². The fraction of sp³-hybridized carbons (Fsp3) is 0.846. The van der Waals surface area contributed by atoms with Gasteiger partial charge in [-0.2, -0.15) is 0 Å². The second-order valence-corrected chi connectivity index (χ2v) is 4.70. The van der Waals surface area contributed by atoms with Crippen molar-refractivity contribution in [3.05, 3.63) is 11.8 Å². The first-order valence-corrected chi connectivity index (χ1v) is 6.41. The van der Waals surface area contributed by atoms with Crippen LogP contribution in [-0.4, -0.2) is 18.0 Å². The lowest BCUT2D eigenvalue weighted by atomic mass is 10.1. The molecule has 1 aliphatic heterocycles. The zero-order valence-corrected chi connectivity index (χ0v) is 9.30. The van der Waals surface area contributed by atoms with E-state index in [4.69, 9.17) is 0 Å². The molecule has 14 heavy (non-hydrogen) atoms. The Bertz CT molecular complexity index is 189. The SMILES string of the molecule is C1=C(N2CCCC2)CCCCCCC1. The van der Waals surface area contributed by atoms with Gasteiger partial charge in [-0.1, -0.05) is 25.3 Å². The molecular weight excluding hydrogens is 170 g/mol. The van der Waals surface area contributed by atoms with Crippen molar-refractivity contribution in [1.82, 2.24) is 4.90 Å². The number of hydrogen-bond acceptors (Lipinski definition) is 1. The highest BCUT2D eigenvalue weighted by Crippen LogP contribution is 2.23. The van der Waals surface area contributed by atoms with E-state index in [1.54, 1.807) is 5.70 Å². The molecule has 0 radical (unpaired) electrons. The van der Waals surface area contributed by atoms with Gasteiger partial charge < -0.3 is 4.90 Å². The molecule has 0 aromatic carbocycles. The normalized spacial score (nSPS) is 25.1. The molecule has 1 saturated heterocycles. The minimum Gasteiger partial charge on any atom is -0.375 e. The molecule has 0 amide bonds. The van der Waals surface area contributed by atoms with Crippen molar-refractivity contribution in [1.29, 1.82) is 0 Å². The summed E-state index contributed by atoms with van der Waals surface area (Å²) in [4.78, 5) is 2.63. The van der Waals surface area contributed by atoms with Crippen LogP contribution in [0.4, 0.5) is 0 Å². The van der Waals surface area contributed by atoms with E-state index < -0.39 is 0 Å². The Balaban J connectivity index is 1.91. The van der Waals surface area contributed by atoms with Crippen molar-refractivity contribution >= 4 is 0 Å². The molecule has 80 valence electrons. The third-order valence-corrected chi connectivity index (χ3v) is 3.53. The molecule has 0 bridgehead atoms. The summed E-state index contributed by atoms with van der Waals surface area (Å²) in [6.07, 6.45) is 15.2. The summed E-state index contributed by atoms with van der Waals surface area (Å²) in [6.45, 7) is 2.65. The molecule has 0 N–H and O–H groups in total. The lowest BCUT2D eigenvalue weighted by molar-refractivity contribution is 0.402. The van der Waals surface area contributed by atoms with Crippen molar-refractivity contribution < 1.29 is 0 Å². The van der Waals surface area contributed by atoms with Crippen LogP contribution in [0.25, 0.3) is 0 Å². The van der Waals surface area contributed by atoms with E-state index in [0.29, 0.717) is 0 Å². The maximum atomic E-state index is 2.63. The van der Waals surface area contributed by atoms with Crippen molar-refractivity contribution in [2.24, 2.45) is 0 Å². The Morgan fingerprint density at radius 3 is 2.36 bits per heavy atom. The number of rotatable bonds is 1. The van der Waals surface area contributed by atoms with E-state index in [2.05, 4.69) is 11.0 Å². The van der Waals surface area contributed by atoms with Crippen LogP contribution in [0.2, 0.25) is 0 Å². The molecule has 1 nitrogen and oxygen atoms in total. The van der Waals surface area contributed by atoms with E-state index >= 15 is 0 Å². The molecule has 1 aliphatic carbocycles. The topological polar surface area (TPSA) is 3.24 Å². The minimum absolute atomic E-state index is 1.33. The second-order valence-electron chi connectivity index (χ2n) is 4.70. The van der Waals surface area contributed by atoms with Crippen molar-refractivity contribution in [3.8, 4) is 0 Å². The van der Waals surface area contributed by atoms with E-state index in [0.717, 1.165) is 0 Å². The van der Waals surface area contributed by atoms with Gasteiger partial charge in [0, 0.05) is 18.8 Å². The lowest BCUT2D eigenvalue weighted by Crippen LogP contribution is -2.18. The first-order valence-electron chi connectivity index (χ1n) is 6.41. The van der Waals surface area contributed by atoms with Gasteiger partial charge in [0.1, 0.15) is 0 Å². The molecule has 1 fully saturated rings. The molecule has 0 spiro atoms. The van der Waals surface area contributed by atoms with Gasteiger partial charge in [0.15, 0.2) is 0 Å². The zero-order valence-electron chi connectivity index (χ0n) is 9.30. The van der Waals surface area contributed by atoms with Gasteiger partial charge in [-0.15, -0.1) is 0 Å². The molecule has 1 heteroatoms. The first kappa shape index (κ1) is 10.1. The lowest BCUT2D eigenvalue weighted by Gasteiger charge is -2.21. The van der Waals surface area contributed by atoms with E-state index in [9.17, 15) is 0 Å². The maximum Gasteiger partial charge on any atom is 0.0175 e. The predicted octanol–water partition coefficient (Wildman–Crippen LogP) is 3.71. The van der Waals surface area contributed by atoms with Gasteiger partial charge in [-0.05, 0) is 38.5 Å². The van der Waals surface area contributed by atoms with Crippen LogP contribution in [0.15, 0.2) is 11.8 Å². The standard InChI is InChI=1S/C13H23N/c1-2-4-6-10-13(9-5-3-1)14-11-7-8-12-14/h9H,1-8,10-12H2. The molecule has 1 heterocycles. The van der Waals surface area contributed by atoms with Crippen LogP contribution < -0.4 is 0 Å². The van der Waals surface area contributed by atoms with E-state index in [1.165, 1.54) is 70.9 Å². The van der Waals surface area contributed by atoms with Crippen LogP contribution >= 0.6 is 0 Å². The second kappa shape index (κ2) is 5.43. The number of nitrogens with zero attached hydrogens (tertiary/aromatic N) is 1. The summed E-state index contributed by atoms with van der Waals surface area (Å²) in [5.74, 6) is 0. The van der Waals surface area contributed by atoms with Gasteiger partial charge in [0.2, 0.25) is 0 Å². The van der Waals surface area contributed by atoms with Crippen molar-refractivity contribution in [2.75, 3.05) is 13.1 Å². The van der Waals surface area contributed by atoms with Crippen LogP contribution in [0.5, 0.6) is 0 Å². The average molecular weight is 193 g/mol. The first-order chi connectivity index (χ1) is 6.97. The molecule has 2 aliphatic rings. The Hall–Kier alpha value is -0.460. The third kappa shape index (κ3) is 2.76. The zero-order chi connectivity index (χ0) is 9.64. The third-order valence-electron chi connectivity index (χ3n) is 3.53. The number of likely N-dealkylation sites (tertiary alicyclic amines) is 1. The summed E-state index contributed by atoms with van der Waals surface area (Å²) in [5.41, 5.74) is 1.67. The minimum atomic E-state index is 1.33. The number of allylic oxidation sites excluding steroid dienone is 2. The Kier molecular flexibility index (Phi) is 3.90. The molecule has 0 atom stereocenters. The monoisotopic (exact) mass is 193 g/mol. The predicted molar refractivity (Wildman–Crippen MR) is 61.2 cm³/mol. The highest BCUT2D eigenvalue weighted by molar-refractivity contribution is 5.03. The smallest absolute Gasteiger partial charge is 0.0175 e. The van der Waals surface area contributed by atoms with Crippen LogP contribution in [0.3, 0.4) is 0 Å². The van der Waals surface area contributed by atoms with Crippen LogP contribution in [-0.2, 0) is 0 Å². The maximum absolute atomic E-state index is 2.63. The molecule has 0 saturated carbocycles. The average Bonchev–Trinajstić information content (AvgIpc) is 2.75. The van der Waals surface area contributed by atoms with Gasteiger partial charge in [0.05, 0.1) is 0 Å². The molecule has 2 rings (SSSR count). The Morgan fingerprint density at radius 2 is 1.50 bits per heavy atom. The highest BCUT2D eigenvalue weighted by atomic mass is 15.1. The summed E-state index contributed by atoms with van der Waals surface area (Å²) < 4.78 is 0. The Morgan fingerprint density at radius 1 is 0.786 bits per heavy atom. The van der Waals surface area contributed by atoms with E-state index in [1.807, 2.05) is 0 Å².